The quantitative estimate of drug-likeness (QED) is 0.848. The summed E-state index contributed by atoms with van der Waals surface area (Å²) < 4.78 is 7.36. The Morgan fingerprint density at radius 3 is 2.67 bits per heavy atom. The van der Waals surface area contributed by atoms with Gasteiger partial charge in [0.2, 0.25) is 0 Å². The molecule has 0 aliphatic heterocycles. The van der Waals surface area contributed by atoms with Crippen molar-refractivity contribution in [2.75, 3.05) is 0 Å². The van der Waals surface area contributed by atoms with Crippen molar-refractivity contribution < 1.29 is 19.4 Å². The molecule has 2 atom stereocenters. The van der Waals surface area contributed by atoms with Gasteiger partial charge in [0.25, 0.3) is 0 Å². The first-order chi connectivity index (χ1) is 12.7. The van der Waals surface area contributed by atoms with Crippen LogP contribution in [0.5, 0.6) is 0 Å². The van der Waals surface area contributed by atoms with Gasteiger partial charge in [-0.05, 0) is 58.1 Å². The maximum Gasteiger partial charge on any atom is 0.407 e. The molecule has 0 spiro atoms. The molecule has 6 nitrogen and oxygen atoms in total. The first kappa shape index (κ1) is 19.3. The summed E-state index contributed by atoms with van der Waals surface area (Å²) >= 11 is 0. The number of para-hydroxylation sites is 1. The summed E-state index contributed by atoms with van der Waals surface area (Å²) in [4.78, 5) is 23.9. The van der Waals surface area contributed by atoms with E-state index in [1.165, 1.54) is 0 Å². The molecule has 1 heterocycles. The Morgan fingerprint density at radius 2 is 2.04 bits per heavy atom. The van der Waals surface area contributed by atoms with Crippen molar-refractivity contribution in [2.45, 2.75) is 71.1 Å². The number of carboxylic acids is 1. The van der Waals surface area contributed by atoms with Crippen molar-refractivity contribution >= 4 is 23.0 Å². The highest BCUT2D eigenvalue weighted by Gasteiger charge is 2.31. The van der Waals surface area contributed by atoms with Gasteiger partial charge in [-0.1, -0.05) is 25.1 Å². The van der Waals surface area contributed by atoms with Gasteiger partial charge in [-0.3, -0.25) is 0 Å². The van der Waals surface area contributed by atoms with E-state index in [0.717, 1.165) is 35.0 Å². The lowest BCUT2D eigenvalue weighted by Crippen LogP contribution is -2.42. The zero-order valence-corrected chi connectivity index (χ0v) is 16.4. The molecule has 1 aromatic heterocycles. The minimum atomic E-state index is -0.810. The lowest BCUT2D eigenvalue weighted by molar-refractivity contribution is -0.140. The van der Waals surface area contributed by atoms with Gasteiger partial charge < -0.3 is 19.7 Å². The fourth-order valence-electron chi connectivity index (χ4n) is 3.96. The largest absolute Gasteiger partial charge is 0.480 e. The Kier molecular flexibility index (Phi) is 5.18. The molecule has 0 saturated carbocycles. The van der Waals surface area contributed by atoms with E-state index < -0.39 is 23.7 Å². The standard InChI is InChI=1S/C21H28N2O4/c1-5-16(19(24)25)23-17-9-7-6-8-14(17)15-12-13(10-11-18(15)23)22-20(26)27-21(2,3)4/h6-9,13,16H,5,10-12H2,1-4H3,(H,22,26)(H,24,25)/t13-,16?/m1/s1. The maximum absolute atomic E-state index is 12.1. The molecule has 0 radical (unpaired) electrons. The van der Waals surface area contributed by atoms with E-state index in [1.807, 2.05) is 56.5 Å². The molecule has 1 aliphatic rings. The summed E-state index contributed by atoms with van der Waals surface area (Å²) in [6, 6.07) is 7.34. The summed E-state index contributed by atoms with van der Waals surface area (Å²) in [5.74, 6) is -0.810. The minimum absolute atomic E-state index is 0.0171. The Balaban J connectivity index is 1.93. The fraction of sp³-hybridized carbons (Fsp3) is 0.524. The zero-order chi connectivity index (χ0) is 19.8. The molecular weight excluding hydrogens is 344 g/mol. The molecule has 27 heavy (non-hydrogen) atoms. The first-order valence-electron chi connectivity index (χ1n) is 9.54. The van der Waals surface area contributed by atoms with E-state index in [1.54, 1.807) is 0 Å². The van der Waals surface area contributed by atoms with Crippen LogP contribution >= 0.6 is 0 Å². The average Bonchev–Trinajstić information content (AvgIpc) is 2.88. The number of aliphatic carboxylic acids is 1. The molecule has 1 amide bonds. The van der Waals surface area contributed by atoms with Gasteiger partial charge in [-0.25, -0.2) is 9.59 Å². The van der Waals surface area contributed by atoms with Gasteiger partial charge in [0.1, 0.15) is 11.6 Å². The van der Waals surface area contributed by atoms with Crippen LogP contribution < -0.4 is 5.32 Å². The van der Waals surface area contributed by atoms with Crippen LogP contribution in [0.4, 0.5) is 4.79 Å². The molecule has 1 unspecified atom stereocenters. The summed E-state index contributed by atoms with van der Waals surface area (Å²) in [5, 5.41) is 13.7. The lowest BCUT2D eigenvalue weighted by atomic mass is 9.91. The number of nitrogens with zero attached hydrogens (tertiary/aromatic N) is 1. The normalized spacial score (nSPS) is 18.0. The van der Waals surface area contributed by atoms with Gasteiger partial charge in [0.05, 0.1) is 0 Å². The van der Waals surface area contributed by atoms with Gasteiger partial charge in [-0.2, -0.15) is 0 Å². The number of hydrogen-bond donors (Lipinski definition) is 2. The van der Waals surface area contributed by atoms with Gasteiger partial charge in [-0.15, -0.1) is 0 Å². The SMILES string of the molecule is CCC(C(=O)O)n1c2c(c3ccccc31)C[C@H](NC(=O)OC(C)(C)C)CC2. The van der Waals surface area contributed by atoms with Gasteiger partial charge in [0.15, 0.2) is 0 Å². The van der Waals surface area contributed by atoms with E-state index >= 15 is 0 Å². The first-order valence-corrected chi connectivity index (χ1v) is 9.54. The van der Waals surface area contributed by atoms with Crippen LogP contribution in [-0.4, -0.2) is 33.4 Å². The number of alkyl carbamates (subject to hydrolysis) is 1. The highest BCUT2D eigenvalue weighted by Crippen LogP contribution is 2.35. The predicted octanol–water partition coefficient (Wildman–Crippen LogP) is 4.06. The molecule has 2 N–H and O–H groups in total. The van der Waals surface area contributed by atoms with E-state index in [0.29, 0.717) is 12.8 Å². The van der Waals surface area contributed by atoms with Crippen LogP contribution in [0.3, 0.4) is 0 Å². The number of carboxylic acid groups (broad SMARTS) is 1. The summed E-state index contributed by atoms with van der Waals surface area (Å²) in [5.41, 5.74) is 2.63. The van der Waals surface area contributed by atoms with E-state index in [-0.39, 0.29) is 6.04 Å². The number of benzene rings is 1. The minimum Gasteiger partial charge on any atom is -0.480 e. The van der Waals surface area contributed by atoms with Crippen LogP contribution in [0.15, 0.2) is 24.3 Å². The second kappa shape index (κ2) is 7.25. The number of nitrogens with one attached hydrogen (secondary N) is 1. The second-order valence-corrected chi connectivity index (χ2v) is 8.16. The van der Waals surface area contributed by atoms with Crippen LogP contribution in [0.25, 0.3) is 10.9 Å². The highest BCUT2D eigenvalue weighted by molar-refractivity contribution is 5.88. The van der Waals surface area contributed by atoms with Crippen molar-refractivity contribution in [3.05, 3.63) is 35.5 Å². The molecule has 0 bridgehead atoms. The molecule has 3 rings (SSSR count). The van der Waals surface area contributed by atoms with Crippen molar-refractivity contribution in [3.63, 3.8) is 0 Å². The third kappa shape index (κ3) is 3.94. The summed E-state index contributed by atoms with van der Waals surface area (Å²) in [6.45, 7) is 7.43. The Hall–Kier alpha value is -2.50. The third-order valence-electron chi connectivity index (χ3n) is 5.01. The molecule has 0 fully saturated rings. The smallest absolute Gasteiger partial charge is 0.407 e. The number of hydrogen-bond acceptors (Lipinski definition) is 3. The fourth-order valence-corrected chi connectivity index (χ4v) is 3.96. The summed E-state index contributed by atoms with van der Waals surface area (Å²) in [6.07, 6.45) is 2.29. The molecule has 1 aromatic carbocycles. The number of fused-ring (bicyclic) bond motifs is 3. The monoisotopic (exact) mass is 372 g/mol. The number of rotatable bonds is 4. The van der Waals surface area contributed by atoms with Crippen molar-refractivity contribution in [2.24, 2.45) is 0 Å². The van der Waals surface area contributed by atoms with Crippen LogP contribution in [-0.2, 0) is 22.4 Å². The Labute approximate surface area is 159 Å². The number of ether oxygens (including phenoxy) is 1. The third-order valence-corrected chi connectivity index (χ3v) is 5.01. The zero-order valence-electron chi connectivity index (χ0n) is 16.4. The van der Waals surface area contributed by atoms with Gasteiger partial charge >= 0.3 is 12.1 Å². The molecular formula is C21H28N2O4. The second-order valence-electron chi connectivity index (χ2n) is 8.16. The number of aromatic nitrogens is 1. The highest BCUT2D eigenvalue weighted by atomic mass is 16.6. The van der Waals surface area contributed by atoms with Crippen LogP contribution in [0, 0.1) is 0 Å². The maximum atomic E-state index is 12.1. The summed E-state index contributed by atoms with van der Waals surface area (Å²) in [7, 11) is 0. The average molecular weight is 372 g/mol. The number of amides is 1. The number of carbonyl (C=O) groups is 2. The molecule has 146 valence electrons. The lowest BCUT2D eigenvalue weighted by Gasteiger charge is -2.28. The van der Waals surface area contributed by atoms with Crippen LogP contribution in [0.2, 0.25) is 0 Å². The molecule has 2 aromatic rings. The topological polar surface area (TPSA) is 80.6 Å². The molecule has 6 heteroatoms. The predicted molar refractivity (Wildman–Crippen MR) is 104 cm³/mol. The molecule has 1 aliphatic carbocycles. The van der Waals surface area contributed by atoms with Crippen molar-refractivity contribution in [1.82, 2.24) is 9.88 Å². The van der Waals surface area contributed by atoms with Gasteiger partial charge in [0, 0.05) is 22.6 Å². The van der Waals surface area contributed by atoms with Crippen molar-refractivity contribution in [1.29, 1.82) is 0 Å². The van der Waals surface area contributed by atoms with E-state index in [4.69, 9.17) is 4.74 Å². The number of carbonyl (C=O) groups excluding carboxylic acids is 1. The van der Waals surface area contributed by atoms with Crippen LogP contribution in [0.1, 0.15) is 57.8 Å². The van der Waals surface area contributed by atoms with Crippen molar-refractivity contribution in [3.8, 4) is 0 Å². The van der Waals surface area contributed by atoms with E-state index in [2.05, 4.69) is 5.32 Å². The Bertz CT molecular complexity index is 863. The Morgan fingerprint density at radius 1 is 1.33 bits per heavy atom. The molecule has 0 saturated heterocycles. The van der Waals surface area contributed by atoms with E-state index in [9.17, 15) is 14.7 Å².